The lowest BCUT2D eigenvalue weighted by atomic mass is 10.1. The van der Waals surface area contributed by atoms with Crippen LogP contribution in [0.15, 0.2) is 45.6 Å². The van der Waals surface area contributed by atoms with Gasteiger partial charge in [0, 0.05) is 3.57 Å². The van der Waals surface area contributed by atoms with Gasteiger partial charge in [-0.3, -0.25) is 4.79 Å². The summed E-state index contributed by atoms with van der Waals surface area (Å²) in [6.45, 7) is 0. The lowest BCUT2D eigenvalue weighted by Crippen LogP contribution is -2.02. The Morgan fingerprint density at radius 2 is 1.72 bits per heavy atom. The molecule has 1 aromatic heterocycles. The van der Waals surface area contributed by atoms with Crippen molar-refractivity contribution >= 4 is 44.5 Å². The lowest BCUT2D eigenvalue weighted by Gasteiger charge is -2.04. The molecule has 0 N–H and O–H groups in total. The molecule has 0 fully saturated rings. The number of benzene rings is 2. The Labute approximate surface area is 117 Å². The molecule has 0 amide bonds. The van der Waals surface area contributed by atoms with E-state index in [1.54, 1.807) is 25.3 Å². The van der Waals surface area contributed by atoms with Crippen molar-refractivity contribution in [1.29, 1.82) is 0 Å². The van der Waals surface area contributed by atoms with Crippen LogP contribution in [0.2, 0.25) is 0 Å². The van der Waals surface area contributed by atoms with E-state index in [0.29, 0.717) is 27.7 Å². The molecule has 0 aliphatic rings. The summed E-state index contributed by atoms with van der Waals surface area (Å²) in [5, 5.41) is 1.14. The Hall–Kier alpha value is -1.56. The summed E-state index contributed by atoms with van der Waals surface area (Å²) < 4.78 is 11.9. The van der Waals surface area contributed by atoms with Gasteiger partial charge in [0.1, 0.15) is 16.9 Å². The molecule has 3 nitrogen and oxygen atoms in total. The summed E-state index contributed by atoms with van der Waals surface area (Å²) in [5.41, 5.74) is 1.16. The second kappa shape index (κ2) is 4.28. The molecule has 0 saturated heterocycles. The smallest absolute Gasteiger partial charge is 0.200 e. The molecule has 1 heterocycles. The molecule has 90 valence electrons. The standard InChI is InChI=1S/C14H9IO3/c1-17-9-3-5-13-11(7-9)14(16)10-6-8(15)2-4-12(10)18-13/h2-7H,1H3. The minimum atomic E-state index is -0.0244. The highest BCUT2D eigenvalue weighted by molar-refractivity contribution is 14.1. The van der Waals surface area contributed by atoms with Gasteiger partial charge in [-0.2, -0.15) is 0 Å². The highest BCUT2D eigenvalue weighted by atomic mass is 127. The van der Waals surface area contributed by atoms with Crippen molar-refractivity contribution in [2.75, 3.05) is 7.11 Å². The van der Waals surface area contributed by atoms with Crippen LogP contribution < -0.4 is 10.2 Å². The SMILES string of the molecule is COc1ccc2oc3ccc(I)cc3c(=O)c2c1. The summed E-state index contributed by atoms with van der Waals surface area (Å²) in [4.78, 5) is 12.4. The van der Waals surface area contributed by atoms with Gasteiger partial charge in [-0.05, 0) is 59.0 Å². The van der Waals surface area contributed by atoms with Crippen LogP contribution in [0.1, 0.15) is 0 Å². The van der Waals surface area contributed by atoms with Crippen molar-refractivity contribution in [1.82, 2.24) is 0 Å². The molecule has 3 rings (SSSR count). The van der Waals surface area contributed by atoms with Crippen LogP contribution >= 0.6 is 22.6 Å². The van der Waals surface area contributed by atoms with Gasteiger partial charge in [0.05, 0.1) is 17.9 Å². The number of hydrogen-bond donors (Lipinski definition) is 0. The Morgan fingerprint density at radius 3 is 2.44 bits per heavy atom. The van der Waals surface area contributed by atoms with E-state index >= 15 is 0 Å². The van der Waals surface area contributed by atoms with Crippen molar-refractivity contribution < 1.29 is 9.15 Å². The molecule has 0 atom stereocenters. The van der Waals surface area contributed by atoms with Crippen molar-refractivity contribution in [2.45, 2.75) is 0 Å². The maximum Gasteiger partial charge on any atom is 0.200 e. The Morgan fingerprint density at radius 1 is 1.06 bits per heavy atom. The van der Waals surface area contributed by atoms with Crippen molar-refractivity contribution in [3.05, 3.63) is 50.2 Å². The van der Waals surface area contributed by atoms with E-state index in [0.717, 1.165) is 3.57 Å². The van der Waals surface area contributed by atoms with E-state index in [9.17, 15) is 4.79 Å². The highest BCUT2D eigenvalue weighted by Crippen LogP contribution is 2.23. The fourth-order valence-electron chi connectivity index (χ4n) is 1.93. The molecule has 0 spiro atoms. The fraction of sp³-hybridized carbons (Fsp3) is 0.0714. The molecular formula is C14H9IO3. The number of fused-ring (bicyclic) bond motifs is 2. The zero-order valence-corrected chi connectivity index (χ0v) is 11.7. The zero-order chi connectivity index (χ0) is 12.7. The number of methoxy groups -OCH3 is 1. The number of hydrogen-bond acceptors (Lipinski definition) is 3. The van der Waals surface area contributed by atoms with E-state index < -0.39 is 0 Å². The van der Waals surface area contributed by atoms with Crippen molar-refractivity contribution in [3.63, 3.8) is 0 Å². The first-order valence-corrected chi connectivity index (χ1v) is 6.47. The summed E-state index contributed by atoms with van der Waals surface area (Å²) in [6, 6.07) is 10.8. The topological polar surface area (TPSA) is 39.4 Å². The molecule has 2 aromatic carbocycles. The van der Waals surface area contributed by atoms with Crippen LogP contribution in [-0.4, -0.2) is 7.11 Å². The normalized spacial score (nSPS) is 11.0. The van der Waals surface area contributed by atoms with Crippen molar-refractivity contribution in [2.24, 2.45) is 0 Å². The third-order valence-corrected chi connectivity index (χ3v) is 3.51. The summed E-state index contributed by atoms with van der Waals surface area (Å²) in [7, 11) is 1.58. The first kappa shape index (κ1) is 11.5. The molecule has 3 aromatic rings. The van der Waals surface area contributed by atoms with Gasteiger partial charge in [0.25, 0.3) is 0 Å². The molecule has 0 unspecified atom stereocenters. The monoisotopic (exact) mass is 352 g/mol. The van der Waals surface area contributed by atoms with Gasteiger partial charge in [-0.1, -0.05) is 0 Å². The van der Waals surface area contributed by atoms with Crippen molar-refractivity contribution in [3.8, 4) is 5.75 Å². The molecule has 0 aliphatic carbocycles. The predicted octanol–water partition coefficient (Wildman–Crippen LogP) is 3.56. The third-order valence-electron chi connectivity index (χ3n) is 2.84. The number of ether oxygens (including phenoxy) is 1. The minimum absolute atomic E-state index is 0.0244. The van der Waals surface area contributed by atoms with E-state index in [2.05, 4.69) is 22.6 Å². The van der Waals surface area contributed by atoms with Crippen LogP contribution in [0.5, 0.6) is 5.75 Å². The third kappa shape index (κ3) is 1.77. The molecule has 0 saturated carbocycles. The van der Waals surface area contributed by atoms with Crippen LogP contribution in [-0.2, 0) is 0 Å². The lowest BCUT2D eigenvalue weighted by molar-refractivity contribution is 0.415. The maximum atomic E-state index is 12.4. The molecule has 0 radical (unpaired) electrons. The van der Waals surface area contributed by atoms with E-state index in [1.165, 1.54) is 0 Å². The van der Waals surface area contributed by atoms with Crippen LogP contribution in [0.3, 0.4) is 0 Å². The fourth-order valence-corrected chi connectivity index (χ4v) is 2.43. The van der Waals surface area contributed by atoms with Crippen LogP contribution in [0.25, 0.3) is 21.9 Å². The van der Waals surface area contributed by atoms with Gasteiger partial charge < -0.3 is 9.15 Å². The summed E-state index contributed by atoms with van der Waals surface area (Å²) in [6.07, 6.45) is 0. The predicted molar refractivity (Wildman–Crippen MR) is 79.3 cm³/mol. The van der Waals surface area contributed by atoms with Gasteiger partial charge in [-0.25, -0.2) is 0 Å². The Kier molecular flexibility index (Phi) is 2.74. The molecular weight excluding hydrogens is 343 g/mol. The van der Waals surface area contributed by atoms with Gasteiger partial charge >= 0.3 is 0 Å². The first-order chi connectivity index (χ1) is 8.69. The van der Waals surface area contributed by atoms with E-state index in [-0.39, 0.29) is 5.43 Å². The average molecular weight is 352 g/mol. The van der Waals surface area contributed by atoms with E-state index in [1.807, 2.05) is 18.2 Å². The number of rotatable bonds is 1. The highest BCUT2D eigenvalue weighted by Gasteiger charge is 2.08. The largest absolute Gasteiger partial charge is 0.497 e. The van der Waals surface area contributed by atoms with Gasteiger partial charge in [0.15, 0.2) is 0 Å². The maximum absolute atomic E-state index is 12.4. The summed E-state index contributed by atoms with van der Waals surface area (Å²) in [5.74, 6) is 0.653. The van der Waals surface area contributed by atoms with Gasteiger partial charge in [0.2, 0.25) is 5.43 Å². The van der Waals surface area contributed by atoms with Crippen LogP contribution in [0.4, 0.5) is 0 Å². The average Bonchev–Trinajstić information content (AvgIpc) is 2.40. The first-order valence-electron chi connectivity index (χ1n) is 5.39. The Bertz CT molecular complexity index is 805. The molecule has 0 bridgehead atoms. The quantitative estimate of drug-likeness (QED) is 0.497. The Balaban J connectivity index is 2.49. The minimum Gasteiger partial charge on any atom is -0.497 e. The molecule has 4 heteroatoms. The van der Waals surface area contributed by atoms with Crippen LogP contribution in [0, 0.1) is 3.57 Å². The molecule has 0 aliphatic heterocycles. The van der Waals surface area contributed by atoms with E-state index in [4.69, 9.17) is 9.15 Å². The second-order valence-electron chi connectivity index (χ2n) is 3.93. The second-order valence-corrected chi connectivity index (χ2v) is 5.18. The zero-order valence-electron chi connectivity index (χ0n) is 9.57. The summed E-state index contributed by atoms with van der Waals surface area (Å²) >= 11 is 2.18. The molecule has 18 heavy (non-hydrogen) atoms. The number of halogens is 1. The van der Waals surface area contributed by atoms with Gasteiger partial charge in [-0.15, -0.1) is 0 Å².